The van der Waals surface area contributed by atoms with Gasteiger partial charge in [0.25, 0.3) is 5.89 Å². The second-order valence-electron chi connectivity index (χ2n) is 5.33. The van der Waals surface area contributed by atoms with E-state index in [1.54, 1.807) is 30.3 Å². The Labute approximate surface area is 145 Å². The van der Waals surface area contributed by atoms with Crippen LogP contribution in [0, 0.1) is 0 Å². The molecular formula is C17H10ClN3O4. The molecule has 3 N–H and O–H groups in total. The Morgan fingerprint density at radius 1 is 1.20 bits per heavy atom. The van der Waals surface area contributed by atoms with Crippen molar-refractivity contribution < 1.29 is 19.5 Å². The maximum Gasteiger partial charge on any atom is 0.337 e. The van der Waals surface area contributed by atoms with Crippen LogP contribution in [0.15, 0.2) is 47.1 Å². The molecule has 0 amide bonds. The van der Waals surface area contributed by atoms with Crippen LogP contribution in [0.2, 0.25) is 5.02 Å². The highest BCUT2D eigenvalue weighted by Crippen LogP contribution is 2.34. The van der Waals surface area contributed by atoms with Crippen LogP contribution in [0.25, 0.3) is 33.7 Å². The Balaban J connectivity index is 1.85. The van der Waals surface area contributed by atoms with Crippen LogP contribution >= 0.6 is 11.6 Å². The van der Waals surface area contributed by atoms with Gasteiger partial charge >= 0.3 is 5.97 Å². The molecule has 124 valence electrons. The fourth-order valence-corrected chi connectivity index (χ4v) is 2.83. The number of fused-ring (bicyclic) bond motifs is 1. The van der Waals surface area contributed by atoms with Crippen LogP contribution in [0.3, 0.4) is 0 Å². The zero-order chi connectivity index (χ0) is 17.6. The van der Waals surface area contributed by atoms with Crippen molar-refractivity contribution in [3.63, 3.8) is 0 Å². The van der Waals surface area contributed by atoms with Gasteiger partial charge in [-0.3, -0.25) is 0 Å². The van der Waals surface area contributed by atoms with Gasteiger partial charge in [-0.1, -0.05) is 28.9 Å². The first kappa shape index (κ1) is 15.2. The van der Waals surface area contributed by atoms with E-state index in [4.69, 9.17) is 16.1 Å². The highest BCUT2D eigenvalue weighted by Gasteiger charge is 2.19. The fraction of sp³-hybridized carbons (Fsp3) is 0. The number of aromatic carboxylic acids is 1. The average Bonchev–Trinajstić information content (AvgIpc) is 3.21. The van der Waals surface area contributed by atoms with E-state index in [9.17, 15) is 15.0 Å². The number of H-pyrrole nitrogens is 1. The Morgan fingerprint density at radius 3 is 2.76 bits per heavy atom. The Hall–Kier alpha value is -3.32. The smallest absolute Gasteiger partial charge is 0.337 e. The van der Waals surface area contributed by atoms with Crippen molar-refractivity contribution in [3.05, 3.63) is 53.2 Å². The van der Waals surface area contributed by atoms with Crippen molar-refractivity contribution in [2.45, 2.75) is 0 Å². The van der Waals surface area contributed by atoms with Gasteiger partial charge in [-0.2, -0.15) is 4.98 Å². The van der Waals surface area contributed by atoms with E-state index in [0.717, 1.165) is 0 Å². The average molecular weight is 356 g/mol. The third-order valence-corrected chi connectivity index (χ3v) is 4.11. The lowest BCUT2D eigenvalue weighted by Crippen LogP contribution is -1.93. The molecule has 0 radical (unpaired) electrons. The molecule has 2 aromatic heterocycles. The Morgan fingerprint density at radius 2 is 2.00 bits per heavy atom. The van der Waals surface area contributed by atoms with Gasteiger partial charge in [-0.25, -0.2) is 4.79 Å². The molecule has 0 aliphatic carbocycles. The number of nitrogens with one attached hydrogen (secondary N) is 1. The largest absolute Gasteiger partial charge is 0.507 e. The molecule has 0 spiro atoms. The Bertz CT molecular complexity index is 1120. The molecule has 8 heteroatoms. The predicted octanol–water partition coefficient (Wildman–Crippen LogP) is 3.94. The van der Waals surface area contributed by atoms with Crippen LogP contribution in [0.1, 0.15) is 10.4 Å². The summed E-state index contributed by atoms with van der Waals surface area (Å²) in [4.78, 5) is 18.4. The maximum atomic E-state index is 11.3. The molecular weight excluding hydrogens is 346 g/mol. The molecule has 0 aliphatic rings. The lowest BCUT2D eigenvalue weighted by Gasteiger charge is -2.01. The number of hydrogen-bond acceptors (Lipinski definition) is 5. The van der Waals surface area contributed by atoms with Crippen molar-refractivity contribution in [1.29, 1.82) is 0 Å². The van der Waals surface area contributed by atoms with Gasteiger partial charge in [-0.15, -0.1) is 0 Å². The van der Waals surface area contributed by atoms with E-state index in [1.165, 1.54) is 12.3 Å². The third-order valence-electron chi connectivity index (χ3n) is 3.80. The first-order chi connectivity index (χ1) is 12.0. The monoisotopic (exact) mass is 355 g/mol. The van der Waals surface area contributed by atoms with Crippen LogP contribution in [-0.2, 0) is 0 Å². The van der Waals surface area contributed by atoms with E-state index in [0.29, 0.717) is 27.1 Å². The van der Waals surface area contributed by atoms with Crippen LogP contribution < -0.4 is 0 Å². The van der Waals surface area contributed by atoms with Crippen LogP contribution in [0.4, 0.5) is 0 Å². The van der Waals surface area contributed by atoms with Gasteiger partial charge in [0.1, 0.15) is 5.75 Å². The number of benzene rings is 2. The van der Waals surface area contributed by atoms with E-state index in [1.807, 2.05) is 0 Å². The molecule has 25 heavy (non-hydrogen) atoms. The zero-order valence-corrected chi connectivity index (χ0v) is 13.3. The van der Waals surface area contributed by atoms with Crippen molar-refractivity contribution in [2.24, 2.45) is 0 Å². The number of rotatable bonds is 3. The van der Waals surface area contributed by atoms with E-state index in [-0.39, 0.29) is 23.0 Å². The molecule has 0 atom stereocenters. The molecule has 0 unspecified atom stereocenters. The van der Waals surface area contributed by atoms with Crippen molar-refractivity contribution in [1.82, 2.24) is 15.1 Å². The molecule has 0 fully saturated rings. The quantitative estimate of drug-likeness (QED) is 0.513. The van der Waals surface area contributed by atoms with Gasteiger partial charge in [0.2, 0.25) is 5.82 Å². The molecule has 7 nitrogen and oxygen atoms in total. The maximum absolute atomic E-state index is 11.3. The summed E-state index contributed by atoms with van der Waals surface area (Å²) in [6.07, 6.45) is 1.40. The van der Waals surface area contributed by atoms with Crippen molar-refractivity contribution in [3.8, 4) is 28.6 Å². The highest BCUT2D eigenvalue weighted by atomic mass is 35.5. The second kappa shape index (κ2) is 5.64. The molecule has 0 saturated heterocycles. The molecule has 2 aromatic carbocycles. The lowest BCUT2D eigenvalue weighted by molar-refractivity contribution is 0.0699. The van der Waals surface area contributed by atoms with E-state index >= 15 is 0 Å². The number of aromatic nitrogens is 3. The fourth-order valence-electron chi connectivity index (χ4n) is 2.59. The predicted molar refractivity (Wildman–Crippen MR) is 90.7 cm³/mol. The number of phenols is 1. The van der Waals surface area contributed by atoms with E-state index < -0.39 is 5.97 Å². The number of halogens is 1. The minimum atomic E-state index is -1.06. The number of aromatic amines is 1. The number of hydrogen-bond donors (Lipinski definition) is 3. The number of phenolic OH excluding ortho intramolecular Hbond substituents is 1. The van der Waals surface area contributed by atoms with Gasteiger partial charge < -0.3 is 19.7 Å². The van der Waals surface area contributed by atoms with Crippen molar-refractivity contribution in [2.75, 3.05) is 0 Å². The van der Waals surface area contributed by atoms with Gasteiger partial charge in [0, 0.05) is 17.1 Å². The van der Waals surface area contributed by atoms with Gasteiger partial charge in [0.15, 0.2) is 0 Å². The summed E-state index contributed by atoms with van der Waals surface area (Å²) in [5, 5.41) is 23.8. The summed E-state index contributed by atoms with van der Waals surface area (Å²) in [6.45, 7) is 0. The molecule has 0 bridgehead atoms. The van der Waals surface area contributed by atoms with Gasteiger partial charge in [0.05, 0.1) is 21.7 Å². The molecule has 4 aromatic rings. The third kappa shape index (κ3) is 2.50. The summed E-state index contributed by atoms with van der Waals surface area (Å²) in [7, 11) is 0. The zero-order valence-electron chi connectivity index (χ0n) is 12.5. The topological polar surface area (TPSA) is 112 Å². The number of nitrogens with zero attached hydrogens (tertiary/aromatic N) is 2. The Kier molecular flexibility index (Phi) is 3.43. The highest BCUT2D eigenvalue weighted by molar-refractivity contribution is 6.34. The number of para-hydroxylation sites is 1. The van der Waals surface area contributed by atoms with Crippen molar-refractivity contribution >= 4 is 28.5 Å². The summed E-state index contributed by atoms with van der Waals surface area (Å²) in [5.41, 5.74) is 1.54. The summed E-state index contributed by atoms with van der Waals surface area (Å²) < 4.78 is 5.25. The van der Waals surface area contributed by atoms with Gasteiger partial charge in [-0.05, 0) is 24.3 Å². The minimum absolute atomic E-state index is 0.0233. The molecule has 4 rings (SSSR count). The lowest BCUT2D eigenvalue weighted by atomic mass is 10.1. The second-order valence-corrected chi connectivity index (χ2v) is 5.73. The molecule has 0 saturated carbocycles. The summed E-state index contributed by atoms with van der Waals surface area (Å²) in [6, 6.07) is 9.78. The normalized spacial score (nSPS) is 11.1. The SMILES string of the molecule is O=C(O)c1c[nH]c2cc(Cl)c(-c3nc(-c4ccccc4O)no3)cc12. The summed E-state index contributed by atoms with van der Waals surface area (Å²) >= 11 is 6.27. The summed E-state index contributed by atoms with van der Waals surface area (Å²) in [5.74, 6) is -0.699. The number of carbonyl (C=O) groups is 1. The number of carboxylic acids is 1. The first-order valence-corrected chi connectivity index (χ1v) is 7.59. The number of aromatic hydroxyl groups is 1. The van der Waals surface area contributed by atoms with Crippen LogP contribution in [0.5, 0.6) is 5.75 Å². The van der Waals surface area contributed by atoms with E-state index in [2.05, 4.69) is 15.1 Å². The minimum Gasteiger partial charge on any atom is -0.507 e. The number of carboxylic acid groups (broad SMARTS) is 1. The molecule has 0 aliphatic heterocycles. The first-order valence-electron chi connectivity index (χ1n) is 7.21. The van der Waals surface area contributed by atoms with Crippen LogP contribution in [-0.4, -0.2) is 31.3 Å². The standard InChI is InChI=1S/C17H10ClN3O4/c18-12-6-13-9(11(7-19-13)17(23)24)5-10(12)16-20-15(21-25-16)8-3-1-2-4-14(8)22/h1-7,19,22H,(H,23,24). The molecule has 2 heterocycles.